The molecule has 0 saturated heterocycles. The number of ether oxygens (including phenoxy) is 2. The molecule has 1 aromatic heterocycles. The maximum atomic E-state index is 12.3. The third-order valence-corrected chi connectivity index (χ3v) is 4.64. The van der Waals surface area contributed by atoms with Gasteiger partial charge in [-0.05, 0) is 43.2 Å². The highest BCUT2D eigenvalue weighted by Crippen LogP contribution is 2.32. The molecule has 0 radical (unpaired) electrons. The zero-order valence-corrected chi connectivity index (χ0v) is 17.4. The van der Waals surface area contributed by atoms with Gasteiger partial charge in [0.25, 0.3) is 0 Å². The van der Waals surface area contributed by atoms with E-state index in [9.17, 15) is 9.59 Å². The van der Waals surface area contributed by atoms with Crippen molar-refractivity contribution in [3.05, 3.63) is 36.4 Å². The summed E-state index contributed by atoms with van der Waals surface area (Å²) in [5, 5.41) is 14.2. The SMILES string of the molecule is COc1ccc2oc(-c3ccc(OC)c(NC(=O)NCCCCCC(=O)O)c3)nc2c1. The van der Waals surface area contributed by atoms with E-state index in [1.807, 2.05) is 0 Å². The Balaban J connectivity index is 1.66. The maximum absolute atomic E-state index is 12.3. The molecule has 0 saturated carbocycles. The lowest BCUT2D eigenvalue weighted by Crippen LogP contribution is -2.29. The Bertz CT molecular complexity index is 1060. The van der Waals surface area contributed by atoms with E-state index in [0.29, 0.717) is 59.1 Å². The molecule has 9 heteroatoms. The van der Waals surface area contributed by atoms with Crippen molar-refractivity contribution in [1.29, 1.82) is 0 Å². The minimum absolute atomic E-state index is 0.138. The number of hydrogen-bond acceptors (Lipinski definition) is 6. The third kappa shape index (κ3) is 5.88. The van der Waals surface area contributed by atoms with Crippen LogP contribution < -0.4 is 20.1 Å². The number of hydrogen-bond donors (Lipinski definition) is 3. The van der Waals surface area contributed by atoms with Crippen molar-refractivity contribution in [2.75, 3.05) is 26.1 Å². The molecule has 1 heterocycles. The van der Waals surface area contributed by atoms with Crippen molar-refractivity contribution in [2.24, 2.45) is 0 Å². The summed E-state index contributed by atoms with van der Waals surface area (Å²) in [6, 6.07) is 10.2. The van der Waals surface area contributed by atoms with E-state index in [4.69, 9.17) is 19.0 Å². The summed E-state index contributed by atoms with van der Waals surface area (Å²) in [5.74, 6) is 0.783. The van der Waals surface area contributed by atoms with Crippen LogP contribution in [0.2, 0.25) is 0 Å². The molecule has 0 aliphatic rings. The van der Waals surface area contributed by atoms with Crippen molar-refractivity contribution in [2.45, 2.75) is 25.7 Å². The van der Waals surface area contributed by atoms with Gasteiger partial charge in [0.15, 0.2) is 5.58 Å². The highest BCUT2D eigenvalue weighted by atomic mass is 16.5. The van der Waals surface area contributed by atoms with Crippen LogP contribution in [0, 0.1) is 0 Å². The molecule has 0 aliphatic heterocycles. The van der Waals surface area contributed by atoms with Gasteiger partial charge in [-0.3, -0.25) is 4.79 Å². The summed E-state index contributed by atoms with van der Waals surface area (Å²) in [6.45, 7) is 0.445. The second-order valence-corrected chi connectivity index (χ2v) is 6.85. The minimum atomic E-state index is -0.809. The van der Waals surface area contributed by atoms with Crippen LogP contribution >= 0.6 is 0 Å². The third-order valence-electron chi connectivity index (χ3n) is 4.64. The first-order chi connectivity index (χ1) is 15.0. The lowest BCUT2D eigenvalue weighted by atomic mass is 10.2. The zero-order chi connectivity index (χ0) is 22.2. The molecule has 3 N–H and O–H groups in total. The Morgan fingerprint density at radius 3 is 2.65 bits per heavy atom. The van der Waals surface area contributed by atoms with Crippen LogP contribution in [0.5, 0.6) is 11.5 Å². The average Bonchev–Trinajstić information content (AvgIpc) is 3.19. The normalized spacial score (nSPS) is 10.6. The quantitative estimate of drug-likeness (QED) is 0.413. The minimum Gasteiger partial charge on any atom is -0.497 e. The molecule has 164 valence electrons. The van der Waals surface area contributed by atoms with Gasteiger partial charge in [0.05, 0.1) is 19.9 Å². The van der Waals surface area contributed by atoms with Gasteiger partial charge in [-0.2, -0.15) is 0 Å². The number of carbonyl (C=O) groups excluding carboxylic acids is 1. The number of fused-ring (bicyclic) bond motifs is 1. The number of unbranched alkanes of at least 4 members (excludes halogenated alkanes) is 2. The molecule has 2 amide bonds. The molecular weight excluding hydrogens is 402 g/mol. The largest absolute Gasteiger partial charge is 0.497 e. The molecule has 2 aromatic carbocycles. The number of carbonyl (C=O) groups is 2. The van der Waals surface area contributed by atoms with Crippen LogP contribution in [0.25, 0.3) is 22.6 Å². The molecule has 0 bridgehead atoms. The molecule has 3 aromatic rings. The van der Waals surface area contributed by atoms with Crippen LogP contribution in [0.4, 0.5) is 10.5 Å². The molecule has 0 unspecified atom stereocenters. The second-order valence-electron chi connectivity index (χ2n) is 6.85. The zero-order valence-electron chi connectivity index (χ0n) is 17.4. The van der Waals surface area contributed by atoms with Crippen molar-refractivity contribution < 1.29 is 28.6 Å². The second kappa shape index (κ2) is 10.3. The summed E-state index contributed by atoms with van der Waals surface area (Å²) in [4.78, 5) is 27.3. The molecule has 0 fully saturated rings. The average molecular weight is 427 g/mol. The highest BCUT2D eigenvalue weighted by molar-refractivity contribution is 5.92. The molecule has 31 heavy (non-hydrogen) atoms. The summed E-state index contributed by atoms with van der Waals surface area (Å²) in [6.07, 6.45) is 2.15. The number of rotatable bonds is 10. The smallest absolute Gasteiger partial charge is 0.319 e. The van der Waals surface area contributed by atoms with Crippen molar-refractivity contribution in [3.63, 3.8) is 0 Å². The standard InChI is InChI=1S/C22H25N3O6/c1-29-15-8-10-19-17(13-15)24-21(31-19)14-7-9-18(30-2)16(12-14)25-22(28)23-11-5-3-4-6-20(26)27/h7-10,12-13H,3-6,11H2,1-2H3,(H,26,27)(H2,23,25,28). The number of carboxylic acid groups (broad SMARTS) is 1. The fourth-order valence-electron chi connectivity index (χ4n) is 3.04. The number of benzene rings is 2. The number of methoxy groups -OCH3 is 2. The van der Waals surface area contributed by atoms with Crippen LogP contribution in [-0.4, -0.2) is 42.9 Å². The van der Waals surface area contributed by atoms with Gasteiger partial charge in [-0.15, -0.1) is 0 Å². The maximum Gasteiger partial charge on any atom is 0.319 e. The van der Waals surface area contributed by atoms with Crippen LogP contribution in [0.3, 0.4) is 0 Å². The van der Waals surface area contributed by atoms with E-state index in [1.165, 1.54) is 7.11 Å². The van der Waals surface area contributed by atoms with E-state index in [2.05, 4.69) is 15.6 Å². The van der Waals surface area contributed by atoms with Gasteiger partial charge in [-0.25, -0.2) is 9.78 Å². The monoisotopic (exact) mass is 427 g/mol. The number of aliphatic carboxylic acids is 1. The number of carboxylic acids is 1. The van der Waals surface area contributed by atoms with Gasteiger partial charge in [0.1, 0.15) is 17.0 Å². The van der Waals surface area contributed by atoms with Crippen LogP contribution in [0.15, 0.2) is 40.8 Å². The lowest BCUT2D eigenvalue weighted by molar-refractivity contribution is -0.137. The summed E-state index contributed by atoms with van der Waals surface area (Å²) >= 11 is 0. The van der Waals surface area contributed by atoms with Crippen molar-refractivity contribution in [1.82, 2.24) is 10.3 Å². The fraction of sp³-hybridized carbons (Fsp3) is 0.318. The predicted octanol–water partition coefficient (Wildman–Crippen LogP) is 4.28. The molecule has 0 atom stereocenters. The Kier molecular flexibility index (Phi) is 7.31. The van der Waals surface area contributed by atoms with E-state index < -0.39 is 5.97 Å². The Morgan fingerprint density at radius 2 is 1.90 bits per heavy atom. The first kappa shape index (κ1) is 21.9. The first-order valence-electron chi connectivity index (χ1n) is 9.90. The van der Waals surface area contributed by atoms with E-state index in [-0.39, 0.29) is 12.5 Å². The van der Waals surface area contributed by atoms with Crippen molar-refractivity contribution >= 4 is 28.8 Å². The van der Waals surface area contributed by atoms with Gasteiger partial charge in [-0.1, -0.05) is 6.42 Å². The van der Waals surface area contributed by atoms with E-state index in [0.717, 1.165) is 6.42 Å². The molecule has 9 nitrogen and oxygen atoms in total. The predicted molar refractivity (Wildman–Crippen MR) is 116 cm³/mol. The van der Waals surface area contributed by atoms with Crippen molar-refractivity contribution in [3.8, 4) is 23.0 Å². The van der Waals surface area contributed by atoms with Crippen LogP contribution in [0.1, 0.15) is 25.7 Å². The number of nitrogens with zero attached hydrogens (tertiary/aromatic N) is 1. The van der Waals surface area contributed by atoms with E-state index in [1.54, 1.807) is 43.5 Å². The Hall–Kier alpha value is -3.75. The number of urea groups is 1. The van der Waals surface area contributed by atoms with Gasteiger partial charge in [0, 0.05) is 24.6 Å². The number of nitrogens with one attached hydrogen (secondary N) is 2. The number of oxazole rings is 1. The lowest BCUT2D eigenvalue weighted by Gasteiger charge is -2.12. The topological polar surface area (TPSA) is 123 Å². The Labute approximate surface area is 179 Å². The Morgan fingerprint density at radius 1 is 1.06 bits per heavy atom. The number of amides is 2. The highest BCUT2D eigenvalue weighted by Gasteiger charge is 2.14. The van der Waals surface area contributed by atoms with Crippen LogP contribution in [-0.2, 0) is 4.79 Å². The molecular formula is C22H25N3O6. The summed E-state index contributed by atoms with van der Waals surface area (Å²) in [7, 11) is 3.11. The number of anilines is 1. The van der Waals surface area contributed by atoms with Gasteiger partial charge in [0.2, 0.25) is 5.89 Å². The number of aromatic nitrogens is 1. The fourth-order valence-corrected chi connectivity index (χ4v) is 3.04. The van der Waals surface area contributed by atoms with E-state index >= 15 is 0 Å². The summed E-state index contributed by atoms with van der Waals surface area (Å²) in [5.41, 5.74) is 2.45. The van der Waals surface area contributed by atoms with Gasteiger partial charge >= 0.3 is 12.0 Å². The molecule has 0 spiro atoms. The first-order valence-corrected chi connectivity index (χ1v) is 9.90. The van der Waals surface area contributed by atoms with Gasteiger partial charge < -0.3 is 29.6 Å². The molecule has 3 rings (SSSR count). The molecule has 0 aliphatic carbocycles. The summed E-state index contributed by atoms with van der Waals surface area (Å²) < 4.78 is 16.4.